The lowest BCUT2D eigenvalue weighted by Gasteiger charge is -2.16. The van der Waals surface area contributed by atoms with E-state index in [1.165, 1.54) is 0 Å². The second-order valence-corrected chi connectivity index (χ2v) is 16.3. The topological polar surface area (TPSA) is 125 Å². The van der Waals surface area contributed by atoms with Crippen molar-refractivity contribution in [2.45, 2.75) is 0 Å². The highest BCUT2D eigenvalue weighted by Gasteiger charge is 2.28. The Bertz CT molecular complexity index is 4250. The molecule has 0 N–H and O–H groups in total. The van der Waals surface area contributed by atoms with E-state index in [1.54, 1.807) is 49.6 Å². The maximum atomic E-state index is 5.54. The minimum atomic E-state index is 0.661. The Morgan fingerprint density at radius 2 is 0.924 bits per heavy atom. The van der Waals surface area contributed by atoms with Gasteiger partial charge in [0.1, 0.15) is 16.5 Å². The molecule has 0 aliphatic carbocycles. The molecule has 0 radical (unpaired) electrons. The van der Waals surface area contributed by atoms with Crippen molar-refractivity contribution in [3.05, 3.63) is 206 Å². The number of hydrogen-bond donors (Lipinski definition) is 0. The second kappa shape index (κ2) is 14.1. The highest BCUT2D eigenvalue weighted by atomic mass is 15.1. The van der Waals surface area contributed by atoms with Crippen molar-refractivity contribution in [1.29, 1.82) is 0 Å². The van der Waals surface area contributed by atoms with Gasteiger partial charge in [-0.15, -0.1) is 0 Å². The zero-order chi connectivity index (χ0) is 43.3. The summed E-state index contributed by atoms with van der Waals surface area (Å²) in [6.07, 6.45) is 19.4. The monoisotopic (exact) mass is 845 g/mol. The summed E-state index contributed by atoms with van der Waals surface area (Å²) in [5, 5.41) is 8.19. The van der Waals surface area contributed by atoms with Crippen LogP contribution >= 0.6 is 0 Å². The van der Waals surface area contributed by atoms with Gasteiger partial charge in [0.2, 0.25) is 0 Å². The summed E-state index contributed by atoms with van der Waals surface area (Å²) in [5.41, 5.74) is 13.4. The Morgan fingerprint density at radius 3 is 1.53 bits per heavy atom. The summed E-state index contributed by atoms with van der Waals surface area (Å²) in [6.45, 7) is 0. The van der Waals surface area contributed by atoms with E-state index in [0.717, 1.165) is 116 Å². The van der Waals surface area contributed by atoms with Crippen LogP contribution in [0, 0.1) is 0 Å². The van der Waals surface area contributed by atoms with Crippen molar-refractivity contribution in [1.82, 2.24) is 53.7 Å². The van der Waals surface area contributed by atoms with Crippen molar-refractivity contribution in [2.75, 3.05) is 0 Å². The summed E-state index contributed by atoms with van der Waals surface area (Å²) in [6, 6.07) is 42.9. The molecule has 66 heavy (non-hydrogen) atoms. The predicted molar refractivity (Wildman–Crippen MR) is 260 cm³/mol. The highest BCUT2D eigenvalue weighted by Crippen LogP contribution is 2.44. The van der Waals surface area contributed by atoms with E-state index in [2.05, 4.69) is 133 Å². The van der Waals surface area contributed by atoms with E-state index < -0.39 is 0 Å². The first-order valence-corrected chi connectivity index (χ1v) is 21.6. The van der Waals surface area contributed by atoms with Gasteiger partial charge in [-0.1, -0.05) is 109 Å². The molecule has 0 aliphatic heterocycles. The number of pyridine rings is 1. The first kappa shape index (κ1) is 36.2. The number of nitrogens with zero attached hydrogens (tertiary/aromatic N) is 11. The smallest absolute Gasteiger partial charge is 0.165 e. The minimum absolute atomic E-state index is 0.661. The molecule has 11 nitrogen and oxygen atoms in total. The van der Waals surface area contributed by atoms with Crippen molar-refractivity contribution in [3.8, 4) is 33.8 Å². The summed E-state index contributed by atoms with van der Waals surface area (Å²) in [5.74, 6) is 0. The fraction of sp³-hybridized carbons (Fsp3) is 0. The Balaban J connectivity index is 1.37. The van der Waals surface area contributed by atoms with Gasteiger partial charge < -0.3 is 0 Å². The SMILES string of the molecule is c1ccc2c(C(c3cccc4ccccc34)=c3n4c5nccnc5c5c(-c6cnccn6)ccc(c6ccc(-c7cnccn7)c7c8nc(-c9ccncc9)cnc8n3c67)c54)cccc2c1. The van der Waals surface area contributed by atoms with Crippen LogP contribution in [0.3, 0.4) is 0 Å². The third-order valence-corrected chi connectivity index (χ3v) is 12.8. The molecule has 0 saturated heterocycles. The molecule has 8 heterocycles. The van der Waals surface area contributed by atoms with Crippen molar-refractivity contribution in [3.63, 3.8) is 0 Å². The van der Waals surface area contributed by atoms with Crippen LogP contribution in [0.1, 0.15) is 11.1 Å². The molecule has 6 aromatic carbocycles. The Hall–Kier alpha value is -9.35. The van der Waals surface area contributed by atoms with E-state index in [9.17, 15) is 0 Å². The van der Waals surface area contributed by atoms with Crippen LogP contribution < -0.4 is 5.48 Å². The van der Waals surface area contributed by atoms with Gasteiger partial charge in [-0.3, -0.25) is 38.7 Å². The average molecular weight is 846 g/mol. The van der Waals surface area contributed by atoms with Gasteiger partial charge >= 0.3 is 0 Å². The molecule has 14 rings (SSSR count). The number of fused-ring (bicyclic) bond motifs is 9. The van der Waals surface area contributed by atoms with Gasteiger partial charge in [-0.25, -0.2) is 15.0 Å². The van der Waals surface area contributed by atoms with E-state index >= 15 is 0 Å². The molecule has 0 atom stereocenters. The lowest BCUT2D eigenvalue weighted by atomic mass is 9.90. The summed E-state index contributed by atoms with van der Waals surface area (Å²) in [7, 11) is 0. The summed E-state index contributed by atoms with van der Waals surface area (Å²) < 4.78 is 4.63. The molecule has 0 amide bonds. The van der Waals surface area contributed by atoms with Crippen LogP contribution in [0.4, 0.5) is 0 Å². The molecule has 0 aliphatic rings. The average Bonchev–Trinajstić information content (AvgIpc) is 3.87. The maximum Gasteiger partial charge on any atom is 0.165 e. The van der Waals surface area contributed by atoms with Gasteiger partial charge in [0.05, 0.1) is 46.7 Å². The number of aromatic nitrogens is 11. The van der Waals surface area contributed by atoms with Crippen LogP contribution in [0.2, 0.25) is 0 Å². The minimum Gasteiger partial charge on any atom is -0.276 e. The molecular weight excluding hydrogens is 815 g/mol. The van der Waals surface area contributed by atoms with Crippen LogP contribution in [0.15, 0.2) is 189 Å². The van der Waals surface area contributed by atoms with Crippen LogP contribution in [0.25, 0.3) is 116 Å². The van der Waals surface area contributed by atoms with Gasteiger partial charge in [0.25, 0.3) is 0 Å². The number of hydrogen-bond acceptors (Lipinski definition) is 9. The highest BCUT2D eigenvalue weighted by molar-refractivity contribution is 6.27. The largest absolute Gasteiger partial charge is 0.276 e. The van der Waals surface area contributed by atoms with E-state index in [0.29, 0.717) is 16.8 Å². The van der Waals surface area contributed by atoms with Gasteiger partial charge in [-0.05, 0) is 44.8 Å². The Morgan fingerprint density at radius 1 is 0.379 bits per heavy atom. The zero-order valence-corrected chi connectivity index (χ0v) is 34.8. The van der Waals surface area contributed by atoms with E-state index in [-0.39, 0.29) is 0 Å². The molecule has 0 fully saturated rings. The zero-order valence-electron chi connectivity index (χ0n) is 34.8. The first-order chi connectivity index (χ1) is 32.8. The van der Waals surface area contributed by atoms with Crippen molar-refractivity contribution in [2.24, 2.45) is 0 Å². The predicted octanol–water partition coefficient (Wildman–Crippen LogP) is 10.6. The normalized spacial score (nSPS) is 11.9. The number of benzene rings is 6. The van der Waals surface area contributed by atoms with Crippen LogP contribution in [-0.4, -0.2) is 53.7 Å². The first-order valence-electron chi connectivity index (χ1n) is 21.6. The van der Waals surface area contributed by atoms with Crippen molar-refractivity contribution < 1.29 is 0 Å². The standard InChI is InChI=1S/C55H31N11/c1-3-11-35-32(7-1)9-5-13-37(35)46(38-14-6-10-33-8-2-4-12-36(33)38)55-65-51-39(15-17-41(44-29-57-23-25-59-44)47(51)49-53(65)62-28-27-61-49)40-16-18-42(45-30-58-24-26-60-45)48-50-54(66(55)52(40)48)63-31-43(64-50)34-19-21-56-22-20-34/h1-31H. The fourth-order valence-electron chi connectivity index (χ4n) is 10.1. The lowest BCUT2D eigenvalue weighted by molar-refractivity contribution is 0.999. The van der Waals surface area contributed by atoms with E-state index in [4.69, 9.17) is 29.9 Å². The third kappa shape index (κ3) is 5.16. The van der Waals surface area contributed by atoms with Gasteiger partial charge in [-0.2, -0.15) is 0 Å². The number of rotatable bonds is 5. The molecular formula is C55H31N11. The molecule has 0 bridgehead atoms. The van der Waals surface area contributed by atoms with Crippen LogP contribution in [0.5, 0.6) is 0 Å². The lowest BCUT2D eigenvalue weighted by Crippen LogP contribution is -2.25. The Kier molecular flexibility index (Phi) is 7.71. The molecule has 306 valence electrons. The molecule has 8 aromatic heterocycles. The van der Waals surface area contributed by atoms with Crippen LogP contribution in [-0.2, 0) is 0 Å². The fourth-order valence-corrected chi connectivity index (χ4v) is 10.1. The van der Waals surface area contributed by atoms with Gasteiger partial charge in [0, 0.05) is 93.4 Å². The van der Waals surface area contributed by atoms with Gasteiger partial charge in [0.15, 0.2) is 11.3 Å². The molecule has 11 heteroatoms. The summed E-state index contributed by atoms with van der Waals surface area (Å²) in [4.78, 5) is 44.5. The quantitative estimate of drug-likeness (QED) is 0.166. The molecule has 0 saturated carbocycles. The van der Waals surface area contributed by atoms with Crippen molar-refractivity contribution >= 4 is 82.0 Å². The maximum absolute atomic E-state index is 5.54. The summed E-state index contributed by atoms with van der Waals surface area (Å²) >= 11 is 0. The Labute approximate surface area is 374 Å². The molecule has 14 aromatic rings. The van der Waals surface area contributed by atoms with E-state index in [1.807, 2.05) is 30.7 Å². The second-order valence-electron chi connectivity index (χ2n) is 16.3. The molecule has 0 unspecified atom stereocenters. The molecule has 0 spiro atoms. The third-order valence-electron chi connectivity index (χ3n) is 12.8.